The summed E-state index contributed by atoms with van der Waals surface area (Å²) in [6.07, 6.45) is 0. The molecular formula is C17H14F2N4OS. The van der Waals surface area contributed by atoms with Crippen LogP contribution in [0.3, 0.4) is 0 Å². The van der Waals surface area contributed by atoms with Crippen LogP contribution >= 0.6 is 11.8 Å². The molecule has 1 amide bonds. The molecule has 0 saturated carbocycles. The zero-order chi connectivity index (χ0) is 17.8. The van der Waals surface area contributed by atoms with Crippen LogP contribution in [0.15, 0.2) is 53.7 Å². The molecule has 3 rings (SSSR count). The molecule has 2 aromatic carbocycles. The van der Waals surface area contributed by atoms with Crippen molar-refractivity contribution in [1.82, 2.24) is 14.9 Å². The monoisotopic (exact) mass is 360 g/mol. The number of nitrogens with zero attached hydrogens (tertiary/aromatic N) is 3. The van der Waals surface area contributed by atoms with Crippen LogP contribution in [0.4, 0.5) is 8.78 Å². The average molecular weight is 360 g/mol. The zero-order valence-corrected chi connectivity index (χ0v) is 14.1. The summed E-state index contributed by atoms with van der Waals surface area (Å²) in [5.41, 5.74) is 3.43. The lowest BCUT2D eigenvalue weighted by molar-refractivity contribution is 0.100. The minimum atomic E-state index is -0.605. The second kappa shape index (κ2) is 7.43. The summed E-state index contributed by atoms with van der Waals surface area (Å²) in [6, 6.07) is 11.8. The number of aryl methyl sites for hydroxylation is 1. The van der Waals surface area contributed by atoms with Crippen LogP contribution in [0.25, 0.3) is 0 Å². The number of amides is 1. The van der Waals surface area contributed by atoms with Crippen molar-refractivity contribution in [3.63, 3.8) is 0 Å². The molecule has 5 nitrogen and oxygen atoms in total. The first-order valence-electron chi connectivity index (χ1n) is 7.40. The third-order valence-electron chi connectivity index (χ3n) is 3.41. The van der Waals surface area contributed by atoms with Gasteiger partial charge in [-0.15, -0.1) is 10.2 Å². The van der Waals surface area contributed by atoms with Gasteiger partial charge in [0.1, 0.15) is 17.5 Å². The van der Waals surface area contributed by atoms with E-state index >= 15 is 0 Å². The van der Waals surface area contributed by atoms with Gasteiger partial charge in [0.25, 0.3) is 5.91 Å². The molecule has 0 bridgehead atoms. The number of carbonyl (C=O) groups is 1. The molecule has 1 N–H and O–H groups in total. The van der Waals surface area contributed by atoms with Crippen molar-refractivity contribution in [2.24, 2.45) is 0 Å². The number of hydrogen-bond acceptors (Lipinski definition) is 4. The largest absolute Gasteiger partial charge is 0.273 e. The van der Waals surface area contributed by atoms with Crippen molar-refractivity contribution in [3.05, 3.63) is 77.1 Å². The highest BCUT2D eigenvalue weighted by molar-refractivity contribution is 7.98. The Labute approximate surface area is 147 Å². The number of rotatable bonds is 5. The highest BCUT2D eigenvalue weighted by Gasteiger charge is 2.16. The Morgan fingerprint density at radius 2 is 1.84 bits per heavy atom. The van der Waals surface area contributed by atoms with Crippen LogP contribution in [0, 0.1) is 18.6 Å². The predicted molar refractivity (Wildman–Crippen MR) is 90.8 cm³/mol. The maximum atomic E-state index is 13.7. The van der Waals surface area contributed by atoms with Crippen LogP contribution in [0.2, 0.25) is 0 Å². The summed E-state index contributed by atoms with van der Waals surface area (Å²) in [4.78, 5) is 12.3. The number of carbonyl (C=O) groups excluding carboxylic acids is 1. The fraction of sp³-hybridized carbons (Fsp3) is 0.118. The van der Waals surface area contributed by atoms with E-state index in [2.05, 4.69) is 15.6 Å². The summed E-state index contributed by atoms with van der Waals surface area (Å²) in [7, 11) is 0. The van der Waals surface area contributed by atoms with Crippen molar-refractivity contribution >= 4 is 17.7 Å². The predicted octanol–water partition coefficient (Wildman–Crippen LogP) is 3.54. The van der Waals surface area contributed by atoms with Crippen molar-refractivity contribution in [1.29, 1.82) is 0 Å². The van der Waals surface area contributed by atoms with E-state index in [0.717, 1.165) is 5.56 Å². The molecule has 0 spiro atoms. The highest BCUT2D eigenvalue weighted by Crippen LogP contribution is 2.21. The minimum Gasteiger partial charge on any atom is -0.267 e. The van der Waals surface area contributed by atoms with Crippen molar-refractivity contribution in [2.45, 2.75) is 17.8 Å². The lowest BCUT2D eigenvalue weighted by atomic mass is 10.2. The summed E-state index contributed by atoms with van der Waals surface area (Å²) in [5, 5.41) is 8.40. The van der Waals surface area contributed by atoms with E-state index < -0.39 is 11.7 Å². The van der Waals surface area contributed by atoms with Crippen LogP contribution < -0.4 is 5.43 Å². The molecule has 8 heteroatoms. The number of nitrogens with one attached hydrogen (secondary N) is 1. The first kappa shape index (κ1) is 17.1. The van der Waals surface area contributed by atoms with Crippen LogP contribution in [-0.4, -0.2) is 20.8 Å². The van der Waals surface area contributed by atoms with Gasteiger partial charge in [0.15, 0.2) is 0 Å². The van der Waals surface area contributed by atoms with Gasteiger partial charge in [0, 0.05) is 5.75 Å². The molecule has 0 unspecified atom stereocenters. The Morgan fingerprint density at radius 3 is 2.56 bits per heavy atom. The van der Waals surface area contributed by atoms with Crippen LogP contribution in [-0.2, 0) is 5.75 Å². The summed E-state index contributed by atoms with van der Waals surface area (Å²) < 4.78 is 28.1. The maximum Gasteiger partial charge on any atom is 0.273 e. The second-order valence-electron chi connectivity index (χ2n) is 5.20. The van der Waals surface area contributed by atoms with Gasteiger partial charge in [-0.2, -0.15) is 0 Å². The Balaban J connectivity index is 1.74. The van der Waals surface area contributed by atoms with E-state index in [-0.39, 0.29) is 11.4 Å². The molecule has 3 aromatic rings. The van der Waals surface area contributed by atoms with E-state index in [4.69, 9.17) is 0 Å². The molecule has 25 heavy (non-hydrogen) atoms. The summed E-state index contributed by atoms with van der Waals surface area (Å²) in [6.45, 7) is 1.68. The molecule has 1 aromatic heterocycles. The Kier molecular flexibility index (Phi) is 5.08. The second-order valence-corrected chi connectivity index (χ2v) is 6.14. The van der Waals surface area contributed by atoms with Gasteiger partial charge in [0.05, 0.1) is 5.56 Å². The average Bonchev–Trinajstić information content (AvgIpc) is 2.95. The van der Waals surface area contributed by atoms with Crippen LogP contribution in [0.5, 0.6) is 0 Å². The molecule has 0 aliphatic rings. The first-order valence-corrected chi connectivity index (χ1v) is 8.38. The smallest absolute Gasteiger partial charge is 0.267 e. The van der Waals surface area contributed by atoms with Gasteiger partial charge in [-0.25, -0.2) is 13.5 Å². The lowest BCUT2D eigenvalue weighted by Crippen LogP contribution is -2.25. The summed E-state index contributed by atoms with van der Waals surface area (Å²) in [5.74, 6) is -0.513. The van der Waals surface area contributed by atoms with E-state index in [1.807, 2.05) is 0 Å². The molecule has 0 aliphatic carbocycles. The third-order valence-corrected chi connectivity index (χ3v) is 4.41. The lowest BCUT2D eigenvalue weighted by Gasteiger charge is -2.10. The Morgan fingerprint density at radius 1 is 1.12 bits per heavy atom. The highest BCUT2D eigenvalue weighted by atomic mass is 32.2. The van der Waals surface area contributed by atoms with Gasteiger partial charge in [-0.3, -0.25) is 10.2 Å². The fourth-order valence-electron chi connectivity index (χ4n) is 2.10. The van der Waals surface area contributed by atoms with E-state index in [9.17, 15) is 13.6 Å². The van der Waals surface area contributed by atoms with Crippen molar-refractivity contribution in [3.8, 4) is 0 Å². The fourth-order valence-corrected chi connectivity index (χ4v) is 2.99. The van der Waals surface area contributed by atoms with Gasteiger partial charge >= 0.3 is 0 Å². The minimum absolute atomic E-state index is 0.0647. The van der Waals surface area contributed by atoms with E-state index in [1.165, 1.54) is 46.8 Å². The van der Waals surface area contributed by atoms with Crippen molar-refractivity contribution in [2.75, 3.05) is 5.43 Å². The van der Waals surface area contributed by atoms with Gasteiger partial charge in [0.2, 0.25) is 5.16 Å². The molecule has 128 valence electrons. The molecule has 1 heterocycles. The molecule has 0 atom stereocenters. The zero-order valence-electron chi connectivity index (χ0n) is 13.2. The van der Waals surface area contributed by atoms with E-state index in [0.29, 0.717) is 16.7 Å². The van der Waals surface area contributed by atoms with Crippen molar-refractivity contribution < 1.29 is 13.6 Å². The molecule has 0 saturated heterocycles. The third kappa shape index (κ3) is 4.03. The first-order chi connectivity index (χ1) is 12.0. The van der Waals surface area contributed by atoms with Gasteiger partial charge in [-0.05, 0) is 36.8 Å². The summed E-state index contributed by atoms with van der Waals surface area (Å²) >= 11 is 1.33. The van der Waals surface area contributed by atoms with E-state index in [1.54, 1.807) is 25.1 Å². The normalized spacial score (nSPS) is 10.7. The number of aromatic nitrogens is 3. The maximum absolute atomic E-state index is 13.7. The molecular weight excluding hydrogens is 346 g/mol. The SMILES string of the molecule is Cc1nnc(SCc2ccc(F)cc2)n1NC(=O)c1ccccc1F. The Hall–Kier alpha value is -2.74. The van der Waals surface area contributed by atoms with Crippen LogP contribution in [0.1, 0.15) is 21.7 Å². The molecule has 0 fully saturated rings. The molecule has 0 aliphatic heterocycles. The standard InChI is InChI=1S/C17H14F2N4OS/c1-11-20-21-17(25-10-12-6-8-13(18)9-7-12)23(11)22-16(24)14-4-2-3-5-15(14)19/h2-9H,10H2,1H3,(H,22,24). The number of hydrogen-bond donors (Lipinski definition) is 1. The molecule has 0 radical (unpaired) electrons. The Bertz CT molecular complexity index is 896. The van der Waals surface area contributed by atoms with Gasteiger partial charge in [-0.1, -0.05) is 36.0 Å². The number of halogens is 2. The number of benzene rings is 2. The topological polar surface area (TPSA) is 59.8 Å². The number of thioether (sulfide) groups is 1. The quantitative estimate of drug-likeness (QED) is 0.707. The van der Waals surface area contributed by atoms with Gasteiger partial charge < -0.3 is 0 Å².